The maximum atomic E-state index is 9.71. The van der Waals surface area contributed by atoms with Crippen molar-refractivity contribution >= 4 is 0 Å². The van der Waals surface area contributed by atoms with Gasteiger partial charge in [0.05, 0.1) is 5.76 Å². The number of allylic oxidation sites excluding steroid dienone is 5. The molecule has 0 aromatic carbocycles. The molecule has 0 spiro atoms. The molecule has 0 bridgehead atoms. The van der Waals surface area contributed by atoms with Gasteiger partial charge in [-0.2, -0.15) is 0 Å². The molecule has 0 heterocycles. The molecule has 2 atom stereocenters. The molecule has 0 amide bonds. The van der Waals surface area contributed by atoms with Gasteiger partial charge in [-0.1, -0.05) is 19.1 Å². The zero-order valence-electron chi connectivity index (χ0n) is 13.1. The SMILES string of the molecule is C[C@H]1C(O)=CC=C1C1=CCC(CNCCCCCO)CC1. The van der Waals surface area contributed by atoms with E-state index in [2.05, 4.69) is 24.4 Å². The van der Waals surface area contributed by atoms with Crippen molar-refractivity contribution in [2.75, 3.05) is 19.7 Å². The first-order valence-corrected chi connectivity index (χ1v) is 8.34. The average molecular weight is 291 g/mol. The van der Waals surface area contributed by atoms with Crippen LogP contribution in [0.1, 0.15) is 45.4 Å². The highest BCUT2D eigenvalue weighted by atomic mass is 16.3. The van der Waals surface area contributed by atoms with Gasteiger partial charge in [-0.05, 0) is 74.8 Å². The summed E-state index contributed by atoms with van der Waals surface area (Å²) in [4.78, 5) is 0. The van der Waals surface area contributed by atoms with E-state index in [0.29, 0.717) is 12.4 Å². The summed E-state index contributed by atoms with van der Waals surface area (Å²) in [6.45, 7) is 4.55. The molecular formula is C18H29NO2. The van der Waals surface area contributed by atoms with Crippen molar-refractivity contribution in [1.82, 2.24) is 5.32 Å². The molecule has 21 heavy (non-hydrogen) atoms. The highest BCUT2D eigenvalue weighted by Gasteiger charge is 2.23. The Hall–Kier alpha value is -1.06. The van der Waals surface area contributed by atoms with Gasteiger partial charge in [-0.3, -0.25) is 0 Å². The van der Waals surface area contributed by atoms with Crippen LogP contribution in [-0.4, -0.2) is 29.9 Å². The Morgan fingerprint density at radius 2 is 2.10 bits per heavy atom. The smallest absolute Gasteiger partial charge is 0.0994 e. The predicted molar refractivity (Wildman–Crippen MR) is 87.2 cm³/mol. The van der Waals surface area contributed by atoms with Crippen LogP contribution in [0.3, 0.4) is 0 Å². The second-order valence-electron chi connectivity index (χ2n) is 6.29. The molecule has 3 N–H and O–H groups in total. The predicted octanol–water partition coefficient (Wildman–Crippen LogP) is 3.48. The Morgan fingerprint density at radius 1 is 1.24 bits per heavy atom. The lowest BCUT2D eigenvalue weighted by atomic mass is 9.83. The van der Waals surface area contributed by atoms with Crippen LogP contribution in [0.4, 0.5) is 0 Å². The first-order chi connectivity index (χ1) is 10.2. The van der Waals surface area contributed by atoms with Gasteiger partial charge in [0.25, 0.3) is 0 Å². The maximum Gasteiger partial charge on any atom is 0.0994 e. The first kappa shape index (κ1) is 16.3. The van der Waals surface area contributed by atoms with Gasteiger partial charge >= 0.3 is 0 Å². The van der Waals surface area contributed by atoms with Crippen LogP contribution in [0.2, 0.25) is 0 Å². The molecule has 0 aliphatic heterocycles. The topological polar surface area (TPSA) is 52.5 Å². The van der Waals surface area contributed by atoms with Crippen molar-refractivity contribution in [3.05, 3.63) is 35.1 Å². The largest absolute Gasteiger partial charge is 0.512 e. The van der Waals surface area contributed by atoms with Gasteiger partial charge in [0.1, 0.15) is 0 Å². The lowest BCUT2D eigenvalue weighted by molar-refractivity contribution is 0.282. The number of aliphatic hydroxyl groups is 2. The summed E-state index contributed by atoms with van der Waals surface area (Å²) in [5.74, 6) is 1.42. The molecule has 0 aromatic heterocycles. The summed E-state index contributed by atoms with van der Waals surface area (Å²) in [6, 6.07) is 0. The van der Waals surface area contributed by atoms with Gasteiger partial charge < -0.3 is 15.5 Å². The average Bonchev–Trinajstić information content (AvgIpc) is 2.83. The first-order valence-electron chi connectivity index (χ1n) is 8.34. The number of aliphatic hydroxyl groups excluding tert-OH is 2. The van der Waals surface area contributed by atoms with Crippen molar-refractivity contribution < 1.29 is 10.2 Å². The second-order valence-corrected chi connectivity index (χ2v) is 6.29. The van der Waals surface area contributed by atoms with Crippen molar-refractivity contribution in [3.63, 3.8) is 0 Å². The highest BCUT2D eigenvalue weighted by Crippen LogP contribution is 2.36. The van der Waals surface area contributed by atoms with E-state index in [-0.39, 0.29) is 5.92 Å². The van der Waals surface area contributed by atoms with E-state index in [0.717, 1.165) is 51.1 Å². The summed E-state index contributed by atoms with van der Waals surface area (Å²) >= 11 is 0. The fraction of sp³-hybridized carbons (Fsp3) is 0.667. The fourth-order valence-corrected chi connectivity index (χ4v) is 3.19. The Bertz CT molecular complexity index is 423. The number of nitrogens with one attached hydrogen (secondary N) is 1. The van der Waals surface area contributed by atoms with Gasteiger partial charge in [0.15, 0.2) is 0 Å². The molecule has 0 fully saturated rings. The zero-order valence-corrected chi connectivity index (χ0v) is 13.1. The van der Waals surface area contributed by atoms with Crippen molar-refractivity contribution in [2.45, 2.75) is 45.4 Å². The van der Waals surface area contributed by atoms with Crippen molar-refractivity contribution in [2.24, 2.45) is 11.8 Å². The van der Waals surface area contributed by atoms with E-state index in [1.807, 2.05) is 6.08 Å². The Labute approximate surface area is 128 Å². The molecule has 0 saturated carbocycles. The molecule has 3 heteroatoms. The van der Waals surface area contributed by atoms with E-state index in [1.54, 1.807) is 0 Å². The highest BCUT2D eigenvalue weighted by molar-refractivity contribution is 5.44. The molecule has 0 radical (unpaired) electrons. The van der Waals surface area contributed by atoms with Gasteiger partial charge in [0, 0.05) is 12.5 Å². The number of hydrogen-bond acceptors (Lipinski definition) is 3. The van der Waals surface area contributed by atoms with Crippen LogP contribution in [0, 0.1) is 11.8 Å². The Balaban J connectivity index is 1.66. The van der Waals surface area contributed by atoms with Crippen LogP contribution in [0.5, 0.6) is 0 Å². The number of hydrogen-bond donors (Lipinski definition) is 3. The van der Waals surface area contributed by atoms with Crippen LogP contribution in [-0.2, 0) is 0 Å². The van der Waals surface area contributed by atoms with Gasteiger partial charge in [-0.25, -0.2) is 0 Å². The van der Waals surface area contributed by atoms with E-state index < -0.39 is 0 Å². The minimum Gasteiger partial charge on any atom is -0.512 e. The minimum atomic E-state index is 0.178. The quantitative estimate of drug-likeness (QED) is 0.600. The maximum absolute atomic E-state index is 9.71. The van der Waals surface area contributed by atoms with E-state index >= 15 is 0 Å². The molecule has 0 aromatic rings. The number of rotatable bonds is 8. The van der Waals surface area contributed by atoms with E-state index in [9.17, 15) is 5.11 Å². The Kier molecular flexibility index (Phi) is 6.52. The third-order valence-electron chi connectivity index (χ3n) is 4.68. The molecule has 1 unspecified atom stereocenters. The lowest BCUT2D eigenvalue weighted by Gasteiger charge is -2.24. The molecular weight excluding hydrogens is 262 g/mol. The monoisotopic (exact) mass is 291 g/mol. The normalized spacial score (nSPS) is 25.5. The summed E-state index contributed by atoms with van der Waals surface area (Å²) in [6.07, 6.45) is 13.0. The molecule has 0 saturated heterocycles. The van der Waals surface area contributed by atoms with E-state index in [4.69, 9.17) is 5.11 Å². The third kappa shape index (κ3) is 4.72. The summed E-state index contributed by atoms with van der Waals surface area (Å²) in [7, 11) is 0. The Morgan fingerprint density at radius 3 is 2.71 bits per heavy atom. The molecule has 3 nitrogen and oxygen atoms in total. The lowest BCUT2D eigenvalue weighted by Crippen LogP contribution is -2.25. The second kappa shape index (κ2) is 8.40. The number of unbranched alkanes of at least 4 members (excludes halogenated alkanes) is 2. The third-order valence-corrected chi connectivity index (χ3v) is 4.68. The van der Waals surface area contributed by atoms with Crippen molar-refractivity contribution in [3.8, 4) is 0 Å². The fourth-order valence-electron chi connectivity index (χ4n) is 3.19. The van der Waals surface area contributed by atoms with Gasteiger partial charge in [-0.15, -0.1) is 0 Å². The molecule has 118 valence electrons. The molecule has 2 aliphatic rings. The summed E-state index contributed by atoms with van der Waals surface area (Å²) in [5.41, 5.74) is 2.74. The van der Waals surface area contributed by atoms with Crippen molar-refractivity contribution in [1.29, 1.82) is 0 Å². The molecule has 2 rings (SSSR count). The van der Waals surface area contributed by atoms with Crippen LogP contribution < -0.4 is 5.32 Å². The van der Waals surface area contributed by atoms with Crippen LogP contribution in [0.15, 0.2) is 35.1 Å². The van der Waals surface area contributed by atoms with Crippen LogP contribution in [0.25, 0.3) is 0 Å². The summed E-state index contributed by atoms with van der Waals surface area (Å²) < 4.78 is 0. The minimum absolute atomic E-state index is 0.178. The molecule has 2 aliphatic carbocycles. The zero-order chi connectivity index (χ0) is 15.1. The van der Waals surface area contributed by atoms with E-state index in [1.165, 1.54) is 17.6 Å². The van der Waals surface area contributed by atoms with Crippen LogP contribution >= 0.6 is 0 Å². The van der Waals surface area contributed by atoms with Gasteiger partial charge in [0.2, 0.25) is 0 Å². The summed E-state index contributed by atoms with van der Waals surface area (Å²) in [5, 5.41) is 22.0. The standard InChI is InChI=1S/C18H29NO2/c1-14-17(9-10-18(14)21)16-7-5-15(6-8-16)13-19-11-3-2-4-12-20/h7,9-10,14-15,19-21H,2-6,8,11-13H2,1H3/t14-,15?/m1/s1.